The number of hydrogen-bond acceptors (Lipinski definition) is 4. The summed E-state index contributed by atoms with van der Waals surface area (Å²) >= 11 is 0. The van der Waals surface area contributed by atoms with Gasteiger partial charge in [-0.2, -0.15) is 0 Å². The molecule has 1 aromatic heterocycles. The Morgan fingerprint density at radius 3 is 2.70 bits per heavy atom. The summed E-state index contributed by atoms with van der Waals surface area (Å²) < 4.78 is 10.4. The number of anilines is 2. The van der Waals surface area contributed by atoms with Gasteiger partial charge in [0.05, 0.1) is 6.26 Å². The van der Waals surface area contributed by atoms with Crippen LogP contribution in [0.25, 0.3) is 0 Å². The summed E-state index contributed by atoms with van der Waals surface area (Å²) in [5, 5.41) is 2.71. The van der Waals surface area contributed by atoms with Crippen LogP contribution in [0.2, 0.25) is 0 Å². The van der Waals surface area contributed by atoms with Crippen LogP contribution in [-0.4, -0.2) is 18.5 Å². The highest BCUT2D eigenvalue weighted by molar-refractivity contribution is 6.06. The second-order valence-electron chi connectivity index (χ2n) is 6.21. The minimum Gasteiger partial charge on any atom is -0.459 e. The standard InChI is InChI=1S/C21H18N2O4/c24-20(19-7-4-12-26-19)23-11-10-16-8-9-17(13-18(16)23)22-21(25)27-14-15-5-2-1-3-6-15/h1-9,12-13H,10-11,14H2,(H,22,25). The van der Waals surface area contributed by atoms with Crippen molar-refractivity contribution >= 4 is 23.4 Å². The number of ether oxygens (including phenoxy) is 1. The van der Waals surface area contributed by atoms with Crippen molar-refractivity contribution in [1.29, 1.82) is 0 Å². The van der Waals surface area contributed by atoms with E-state index >= 15 is 0 Å². The van der Waals surface area contributed by atoms with E-state index in [1.807, 2.05) is 42.5 Å². The molecule has 136 valence electrons. The molecule has 3 aromatic rings. The van der Waals surface area contributed by atoms with Crippen LogP contribution in [0, 0.1) is 0 Å². The van der Waals surface area contributed by atoms with Crippen molar-refractivity contribution in [1.82, 2.24) is 0 Å². The zero-order valence-corrected chi connectivity index (χ0v) is 14.6. The zero-order chi connectivity index (χ0) is 18.6. The van der Waals surface area contributed by atoms with Crippen molar-refractivity contribution in [2.24, 2.45) is 0 Å². The molecule has 6 nitrogen and oxygen atoms in total. The fourth-order valence-electron chi connectivity index (χ4n) is 3.08. The summed E-state index contributed by atoms with van der Waals surface area (Å²) in [7, 11) is 0. The van der Waals surface area contributed by atoms with E-state index in [1.165, 1.54) is 6.26 Å². The number of hydrogen-bond donors (Lipinski definition) is 1. The van der Waals surface area contributed by atoms with Crippen molar-refractivity contribution < 1.29 is 18.7 Å². The molecular weight excluding hydrogens is 344 g/mol. The fourth-order valence-corrected chi connectivity index (χ4v) is 3.08. The average Bonchev–Trinajstić information content (AvgIpc) is 3.36. The quantitative estimate of drug-likeness (QED) is 0.754. The number of nitrogens with one attached hydrogen (secondary N) is 1. The fraction of sp³-hybridized carbons (Fsp3) is 0.143. The monoisotopic (exact) mass is 362 g/mol. The van der Waals surface area contributed by atoms with E-state index in [0.29, 0.717) is 18.0 Å². The van der Waals surface area contributed by atoms with Crippen LogP contribution in [0.5, 0.6) is 0 Å². The number of benzene rings is 2. The maximum atomic E-state index is 12.6. The van der Waals surface area contributed by atoms with Gasteiger partial charge >= 0.3 is 6.09 Å². The van der Waals surface area contributed by atoms with Crippen LogP contribution in [0.1, 0.15) is 21.7 Å². The topological polar surface area (TPSA) is 71.8 Å². The molecule has 0 aliphatic carbocycles. The molecule has 1 aliphatic heterocycles. The number of nitrogens with zero attached hydrogens (tertiary/aromatic N) is 1. The van der Waals surface area contributed by atoms with E-state index in [0.717, 1.165) is 23.2 Å². The van der Waals surface area contributed by atoms with Crippen molar-refractivity contribution in [2.75, 3.05) is 16.8 Å². The summed E-state index contributed by atoms with van der Waals surface area (Å²) in [4.78, 5) is 26.3. The molecule has 0 saturated carbocycles. The second kappa shape index (κ2) is 7.37. The normalized spacial score (nSPS) is 12.5. The van der Waals surface area contributed by atoms with Gasteiger partial charge in [-0.05, 0) is 41.8 Å². The second-order valence-corrected chi connectivity index (χ2v) is 6.21. The van der Waals surface area contributed by atoms with E-state index in [4.69, 9.17) is 9.15 Å². The lowest BCUT2D eigenvalue weighted by atomic mass is 10.1. The smallest absolute Gasteiger partial charge is 0.411 e. The molecule has 0 fully saturated rings. The van der Waals surface area contributed by atoms with Crippen LogP contribution in [-0.2, 0) is 17.8 Å². The molecule has 1 aliphatic rings. The van der Waals surface area contributed by atoms with Gasteiger partial charge < -0.3 is 14.1 Å². The molecule has 2 aromatic carbocycles. The maximum absolute atomic E-state index is 12.6. The van der Waals surface area contributed by atoms with Crippen LogP contribution in [0.15, 0.2) is 71.3 Å². The van der Waals surface area contributed by atoms with Crippen molar-refractivity contribution in [2.45, 2.75) is 13.0 Å². The maximum Gasteiger partial charge on any atom is 0.411 e. The van der Waals surface area contributed by atoms with Crippen LogP contribution in [0.3, 0.4) is 0 Å². The summed E-state index contributed by atoms with van der Waals surface area (Å²) in [5.74, 6) is 0.103. The summed E-state index contributed by atoms with van der Waals surface area (Å²) in [6.45, 7) is 0.775. The molecule has 1 N–H and O–H groups in total. The molecule has 2 amide bonds. The Morgan fingerprint density at radius 1 is 1.07 bits per heavy atom. The van der Waals surface area contributed by atoms with E-state index in [1.54, 1.807) is 23.1 Å². The van der Waals surface area contributed by atoms with Crippen LogP contribution in [0.4, 0.5) is 16.2 Å². The summed E-state index contributed by atoms with van der Waals surface area (Å²) in [5.41, 5.74) is 3.32. The average molecular weight is 362 g/mol. The molecule has 6 heteroatoms. The lowest BCUT2D eigenvalue weighted by molar-refractivity contribution is 0.0962. The van der Waals surface area contributed by atoms with Crippen molar-refractivity contribution in [3.8, 4) is 0 Å². The van der Waals surface area contributed by atoms with Crippen LogP contribution >= 0.6 is 0 Å². The molecule has 27 heavy (non-hydrogen) atoms. The first-order valence-electron chi connectivity index (χ1n) is 8.67. The van der Waals surface area contributed by atoms with Gasteiger partial charge in [-0.3, -0.25) is 10.1 Å². The van der Waals surface area contributed by atoms with Gasteiger partial charge in [0.1, 0.15) is 6.61 Å². The third-order valence-corrected chi connectivity index (χ3v) is 4.42. The Kier molecular flexibility index (Phi) is 4.61. The van der Waals surface area contributed by atoms with Gasteiger partial charge in [-0.1, -0.05) is 36.4 Å². The predicted octanol–water partition coefficient (Wildman–Crippen LogP) is 4.23. The molecule has 2 heterocycles. The van der Waals surface area contributed by atoms with Gasteiger partial charge in [-0.15, -0.1) is 0 Å². The number of carbonyl (C=O) groups excluding carboxylic acids is 2. The summed E-state index contributed by atoms with van der Waals surface area (Å²) in [6.07, 6.45) is 1.70. The number of furan rings is 1. The first-order valence-corrected chi connectivity index (χ1v) is 8.67. The van der Waals surface area contributed by atoms with Crippen molar-refractivity contribution in [3.63, 3.8) is 0 Å². The zero-order valence-electron chi connectivity index (χ0n) is 14.6. The number of carbonyl (C=O) groups is 2. The first kappa shape index (κ1) is 16.9. The van der Waals surface area contributed by atoms with Gasteiger partial charge in [0, 0.05) is 17.9 Å². The third kappa shape index (κ3) is 3.69. The minimum atomic E-state index is -0.541. The van der Waals surface area contributed by atoms with Gasteiger partial charge in [0.25, 0.3) is 5.91 Å². The Morgan fingerprint density at radius 2 is 1.93 bits per heavy atom. The largest absolute Gasteiger partial charge is 0.459 e. The number of fused-ring (bicyclic) bond motifs is 1. The van der Waals surface area contributed by atoms with Gasteiger partial charge in [-0.25, -0.2) is 4.79 Å². The molecule has 0 atom stereocenters. The minimum absolute atomic E-state index is 0.192. The van der Waals surface area contributed by atoms with Gasteiger partial charge in [0.2, 0.25) is 0 Å². The molecule has 0 radical (unpaired) electrons. The molecule has 0 bridgehead atoms. The molecule has 4 rings (SSSR count). The molecule has 0 saturated heterocycles. The van der Waals surface area contributed by atoms with Crippen LogP contribution < -0.4 is 10.2 Å². The lowest BCUT2D eigenvalue weighted by Crippen LogP contribution is -2.28. The third-order valence-electron chi connectivity index (χ3n) is 4.42. The van der Waals surface area contributed by atoms with Gasteiger partial charge in [0.15, 0.2) is 5.76 Å². The predicted molar refractivity (Wildman–Crippen MR) is 101 cm³/mol. The van der Waals surface area contributed by atoms with E-state index < -0.39 is 6.09 Å². The Hall–Kier alpha value is -3.54. The first-order chi connectivity index (χ1) is 13.2. The Bertz CT molecular complexity index is 952. The highest BCUT2D eigenvalue weighted by atomic mass is 16.5. The summed E-state index contributed by atoms with van der Waals surface area (Å²) in [6, 6.07) is 18.3. The highest BCUT2D eigenvalue weighted by Crippen LogP contribution is 2.32. The van der Waals surface area contributed by atoms with E-state index in [9.17, 15) is 9.59 Å². The number of rotatable bonds is 4. The Balaban J connectivity index is 1.44. The molecular formula is C21H18N2O4. The van der Waals surface area contributed by atoms with E-state index in [2.05, 4.69) is 5.32 Å². The SMILES string of the molecule is O=C(Nc1ccc2c(c1)N(C(=O)c1ccco1)CC2)OCc1ccccc1. The highest BCUT2D eigenvalue weighted by Gasteiger charge is 2.27. The molecule has 0 unspecified atom stereocenters. The molecule has 0 spiro atoms. The Labute approximate surface area is 156 Å². The number of amides is 2. The van der Waals surface area contributed by atoms with E-state index in [-0.39, 0.29) is 12.5 Å². The lowest BCUT2D eigenvalue weighted by Gasteiger charge is -2.17. The van der Waals surface area contributed by atoms with Crippen molar-refractivity contribution in [3.05, 3.63) is 83.8 Å².